The predicted octanol–water partition coefficient (Wildman–Crippen LogP) is 2.55. The van der Waals surface area contributed by atoms with Gasteiger partial charge in [0.2, 0.25) is 0 Å². The summed E-state index contributed by atoms with van der Waals surface area (Å²) in [6, 6.07) is 5.72. The lowest BCUT2D eigenvalue weighted by atomic mass is 9.96. The second-order valence-corrected chi connectivity index (χ2v) is 3.55. The Hall–Kier alpha value is -2.41. The Labute approximate surface area is 99.8 Å². The monoisotopic (exact) mass is 228 g/mol. The molecule has 1 aliphatic heterocycles. The number of benzene rings is 1. The second-order valence-electron chi connectivity index (χ2n) is 3.55. The van der Waals surface area contributed by atoms with Gasteiger partial charge in [0.05, 0.1) is 19.8 Å². The molecule has 0 aromatic heterocycles. The molecule has 0 atom stereocenters. The third-order valence-electron chi connectivity index (χ3n) is 2.67. The number of hydrogen-bond acceptors (Lipinski definition) is 4. The highest BCUT2D eigenvalue weighted by molar-refractivity contribution is 5.91. The standard InChI is InChI=1S/C13H12N2O2/c1-8-9(6-14)7-15-11-5-13(17-3)12(16-2)4-10(8)11/h4-5,7,15H,1H2,2-3H3. The lowest BCUT2D eigenvalue weighted by molar-refractivity contribution is 0.355. The lowest BCUT2D eigenvalue weighted by Crippen LogP contribution is -2.04. The number of anilines is 1. The zero-order valence-electron chi connectivity index (χ0n) is 9.70. The smallest absolute Gasteiger partial charge is 0.162 e. The fourth-order valence-corrected chi connectivity index (χ4v) is 1.73. The number of nitrogens with one attached hydrogen (secondary N) is 1. The molecule has 4 heteroatoms. The van der Waals surface area contributed by atoms with Gasteiger partial charge in [-0.1, -0.05) is 6.58 Å². The minimum absolute atomic E-state index is 0.518. The molecule has 0 amide bonds. The van der Waals surface area contributed by atoms with E-state index in [4.69, 9.17) is 14.7 Å². The molecule has 2 rings (SSSR count). The minimum atomic E-state index is 0.518. The number of nitrogens with zero attached hydrogens (tertiary/aromatic N) is 1. The fourth-order valence-electron chi connectivity index (χ4n) is 1.73. The molecule has 1 N–H and O–H groups in total. The van der Waals surface area contributed by atoms with Crippen LogP contribution in [0.3, 0.4) is 0 Å². The van der Waals surface area contributed by atoms with E-state index < -0.39 is 0 Å². The zero-order valence-corrected chi connectivity index (χ0v) is 9.70. The maximum absolute atomic E-state index is 8.94. The van der Waals surface area contributed by atoms with Gasteiger partial charge < -0.3 is 14.8 Å². The van der Waals surface area contributed by atoms with Crippen LogP contribution in [0.4, 0.5) is 5.69 Å². The Balaban J connectivity index is 2.56. The molecule has 0 saturated carbocycles. The molecule has 0 radical (unpaired) electrons. The van der Waals surface area contributed by atoms with Gasteiger partial charge in [-0.05, 0) is 11.6 Å². The summed E-state index contributed by atoms with van der Waals surface area (Å²) in [5, 5.41) is 12.0. The van der Waals surface area contributed by atoms with E-state index in [2.05, 4.69) is 18.0 Å². The molecular formula is C13H12N2O2. The van der Waals surface area contributed by atoms with Gasteiger partial charge in [0.1, 0.15) is 6.07 Å². The summed E-state index contributed by atoms with van der Waals surface area (Å²) in [5.74, 6) is 1.26. The predicted molar refractivity (Wildman–Crippen MR) is 65.9 cm³/mol. The topological polar surface area (TPSA) is 54.3 Å². The van der Waals surface area contributed by atoms with Crippen molar-refractivity contribution in [3.05, 3.63) is 36.0 Å². The number of fused-ring (bicyclic) bond motifs is 1. The average molecular weight is 228 g/mol. The van der Waals surface area contributed by atoms with E-state index in [0.29, 0.717) is 22.6 Å². The Morgan fingerprint density at radius 3 is 2.47 bits per heavy atom. The molecule has 0 bridgehead atoms. The SMILES string of the molecule is C=C1C(C#N)=CNc2cc(OC)c(OC)cc21. The van der Waals surface area contributed by atoms with Crippen LogP contribution in [0, 0.1) is 11.3 Å². The molecule has 0 saturated heterocycles. The third kappa shape index (κ3) is 1.72. The van der Waals surface area contributed by atoms with Crippen LogP contribution in [0.1, 0.15) is 5.56 Å². The lowest BCUT2D eigenvalue weighted by Gasteiger charge is -2.19. The van der Waals surface area contributed by atoms with Gasteiger partial charge in [-0.25, -0.2) is 0 Å². The number of ether oxygens (including phenoxy) is 2. The molecule has 0 aliphatic carbocycles. The molecule has 0 spiro atoms. The summed E-state index contributed by atoms with van der Waals surface area (Å²) >= 11 is 0. The molecular weight excluding hydrogens is 216 g/mol. The molecule has 1 aromatic carbocycles. The van der Waals surface area contributed by atoms with Gasteiger partial charge in [-0.15, -0.1) is 0 Å². The Kier molecular flexibility index (Phi) is 2.75. The van der Waals surface area contributed by atoms with Crippen molar-refractivity contribution in [2.45, 2.75) is 0 Å². The first-order valence-corrected chi connectivity index (χ1v) is 5.03. The largest absolute Gasteiger partial charge is 0.493 e. The van der Waals surface area contributed by atoms with E-state index >= 15 is 0 Å². The quantitative estimate of drug-likeness (QED) is 0.845. The minimum Gasteiger partial charge on any atom is -0.493 e. The van der Waals surface area contributed by atoms with Crippen molar-refractivity contribution in [3.8, 4) is 17.6 Å². The van der Waals surface area contributed by atoms with Gasteiger partial charge in [0, 0.05) is 23.5 Å². The maximum atomic E-state index is 8.94. The summed E-state index contributed by atoms with van der Waals surface area (Å²) in [4.78, 5) is 0. The van der Waals surface area contributed by atoms with Crippen LogP contribution in [0.15, 0.2) is 30.5 Å². The molecule has 86 valence electrons. The van der Waals surface area contributed by atoms with Gasteiger partial charge in [-0.2, -0.15) is 5.26 Å². The molecule has 0 unspecified atom stereocenters. The summed E-state index contributed by atoms with van der Waals surface area (Å²) in [5.41, 5.74) is 2.90. The first kappa shape index (κ1) is 11.1. The van der Waals surface area contributed by atoms with Crippen LogP contribution in [0.5, 0.6) is 11.5 Å². The van der Waals surface area contributed by atoms with Crippen molar-refractivity contribution in [1.82, 2.24) is 0 Å². The summed E-state index contributed by atoms with van der Waals surface area (Å²) in [7, 11) is 3.16. The molecule has 4 nitrogen and oxygen atoms in total. The zero-order chi connectivity index (χ0) is 12.4. The van der Waals surface area contributed by atoms with Gasteiger partial charge in [0.15, 0.2) is 11.5 Å². The molecule has 17 heavy (non-hydrogen) atoms. The number of allylic oxidation sites excluding steroid dienone is 2. The van der Waals surface area contributed by atoms with Crippen LogP contribution >= 0.6 is 0 Å². The normalized spacial score (nSPS) is 13.0. The molecule has 1 aliphatic rings. The van der Waals surface area contributed by atoms with Crippen LogP contribution in [-0.2, 0) is 0 Å². The van der Waals surface area contributed by atoms with Crippen LogP contribution in [-0.4, -0.2) is 14.2 Å². The highest BCUT2D eigenvalue weighted by atomic mass is 16.5. The van der Waals surface area contributed by atoms with Crippen molar-refractivity contribution in [3.63, 3.8) is 0 Å². The first-order valence-electron chi connectivity index (χ1n) is 5.03. The van der Waals surface area contributed by atoms with Crippen molar-refractivity contribution in [2.24, 2.45) is 0 Å². The molecule has 1 aromatic rings. The summed E-state index contributed by atoms with van der Waals surface area (Å²) in [6.45, 7) is 3.91. The first-order chi connectivity index (χ1) is 8.21. The average Bonchev–Trinajstić information content (AvgIpc) is 2.38. The van der Waals surface area contributed by atoms with Gasteiger partial charge in [-0.3, -0.25) is 0 Å². The van der Waals surface area contributed by atoms with Gasteiger partial charge in [0.25, 0.3) is 0 Å². The number of hydrogen-bond donors (Lipinski definition) is 1. The Morgan fingerprint density at radius 2 is 1.88 bits per heavy atom. The van der Waals surface area contributed by atoms with E-state index in [1.807, 2.05) is 12.1 Å². The third-order valence-corrected chi connectivity index (χ3v) is 2.67. The van der Waals surface area contributed by atoms with Crippen LogP contribution in [0.25, 0.3) is 5.57 Å². The van der Waals surface area contributed by atoms with Crippen LogP contribution in [0.2, 0.25) is 0 Å². The second kappa shape index (κ2) is 4.22. The summed E-state index contributed by atoms with van der Waals surface area (Å²) < 4.78 is 10.4. The number of rotatable bonds is 2. The van der Waals surface area contributed by atoms with Crippen LogP contribution < -0.4 is 14.8 Å². The molecule has 1 heterocycles. The maximum Gasteiger partial charge on any atom is 0.162 e. The van der Waals surface area contributed by atoms with E-state index in [1.54, 1.807) is 20.4 Å². The van der Waals surface area contributed by atoms with E-state index in [9.17, 15) is 0 Å². The Morgan fingerprint density at radius 1 is 1.24 bits per heavy atom. The fraction of sp³-hybridized carbons (Fsp3) is 0.154. The number of methoxy groups -OCH3 is 2. The summed E-state index contributed by atoms with van der Waals surface area (Å²) in [6.07, 6.45) is 1.64. The van der Waals surface area contributed by atoms with Crippen molar-refractivity contribution in [1.29, 1.82) is 5.26 Å². The van der Waals surface area contributed by atoms with Gasteiger partial charge >= 0.3 is 0 Å². The van der Waals surface area contributed by atoms with Crippen molar-refractivity contribution >= 4 is 11.3 Å². The van der Waals surface area contributed by atoms with Crippen molar-refractivity contribution < 1.29 is 9.47 Å². The molecule has 0 fully saturated rings. The van der Waals surface area contributed by atoms with Crippen molar-refractivity contribution in [2.75, 3.05) is 19.5 Å². The highest BCUT2D eigenvalue weighted by Gasteiger charge is 2.18. The van der Waals surface area contributed by atoms with E-state index in [0.717, 1.165) is 11.3 Å². The van der Waals surface area contributed by atoms with E-state index in [1.165, 1.54) is 0 Å². The van der Waals surface area contributed by atoms with E-state index in [-0.39, 0.29) is 0 Å². The highest BCUT2D eigenvalue weighted by Crippen LogP contribution is 2.40. The Bertz CT molecular complexity index is 553. The number of nitriles is 1.